The monoisotopic (exact) mass is 384 g/mol. The summed E-state index contributed by atoms with van der Waals surface area (Å²) in [5.74, 6) is 1.34. The smallest absolute Gasteiger partial charge is 0.319 e. The molecule has 1 aromatic heterocycles. The number of amides is 3. The first kappa shape index (κ1) is 19.9. The maximum Gasteiger partial charge on any atom is 0.319 e. The molecule has 1 aliphatic rings. The lowest BCUT2D eigenvalue weighted by Crippen LogP contribution is -2.47. The Labute approximate surface area is 165 Å². The molecule has 3 rings (SSSR count). The predicted molar refractivity (Wildman–Crippen MR) is 108 cm³/mol. The van der Waals surface area contributed by atoms with Gasteiger partial charge in [-0.1, -0.05) is 0 Å². The van der Waals surface area contributed by atoms with Crippen molar-refractivity contribution < 1.29 is 9.59 Å². The van der Waals surface area contributed by atoms with Crippen molar-refractivity contribution in [1.82, 2.24) is 25.0 Å². The number of aromatic nitrogens is 3. The van der Waals surface area contributed by atoms with Gasteiger partial charge in [0.15, 0.2) is 5.82 Å². The Morgan fingerprint density at radius 3 is 2.36 bits per heavy atom. The van der Waals surface area contributed by atoms with E-state index in [1.807, 2.05) is 54.8 Å². The van der Waals surface area contributed by atoms with Crippen LogP contribution in [0.3, 0.4) is 0 Å². The Morgan fingerprint density at radius 2 is 1.82 bits per heavy atom. The van der Waals surface area contributed by atoms with Crippen LogP contribution in [0, 0.1) is 12.8 Å². The highest BCUT2D eigenvalue weighted by atomic mass is 16.2. The van der Waals surface area contributed by atoms with Crippen LogP contribution >= 0.6 is 0 Å². The number of rotatable bonds is 5. The van der Waals surface area contributed by atoms with Gasteiger partial charge in [0.25, 0.3) is 0 Å². The van der Waals surface area contributed by atoms with Crippen molar-refractivity contribution in [2.45, 2.75) is 33.6 Å². The Morgan fingerprint density at radius 1 is 1.18 bits per heavy atom. The second-order valence-electron chi connectivity index (χ2n) is 7.03. The normalized spacial score (nSPS) is 14.8. The summed E-state index contributed by atoms with van der Waals surface area (Å²) in [5.41, 5.74) is 1.65. The number of nitrogens with zero attached hydrogens (tertiary/aromatic N) is 4. The number of aryl methyl sites for hydroxylation is 1. The largest absolute Gasteiger partial charge is 0.326 e. The SMILES string of the molecule is CCN(CC)C(=O)N1CCC(C(=O)Nc2ccc(-c3n[nH]c(C)n3)cc2)CC1. The van der Waals surface area contributed by atoms with Crippen LogP contribution in [-0.2, 0) is 4.79 Å². The lowest BCUT2D eigenvalue weighted by atomic mass is 9.96. The highest BCUT2D eigenvalue weighted by Crippen LogP contribution is 2.22. The van der Waals surface area contributed by atoms with Crippen LogP contribution in [0.1, 0.15) is 32.5 Å². The van der Waals surface area contributed by atoms with Crippen molar-refractivity contribution in [2.75, 3.05) is 31.5 Å². The summed E-state index contributed by atoms with van der Waals surface area (Å²) in [6.07, 6.45) is 1.38. The lowest BCUT2D eigenvalue weighted by Gasteiger charge is -2.34. The number of carbonyl (C=O) groups excluding carboxylic acids is 2. The van der Waals surface area contributed by atoms with Crippen LogP contribution in [0.25, 0.3) is 11.4 Å². The molecule has 0 radical (unpaired) electrons. The summed E-state index contributed by atoms with van der Waals surface area (Å²) in [6, 6.07) is 7.57. The molecule has 1 aliphatic heterocycles. The van der Waals surface area contributed by atoms with Gasteiger partial charge < -0.3 is 15.1 Å². The topological polar surface area (TPSA) is 94.2 Å². The Balaban J connectivity index is 1.52. The summed E-state index contributed by atoms with van der Waals surface area (Å²) in [4.78, 5) is 33.0. The van der Waals surface area contributed by atoms with Gasteiger partial charge in [-0.05, 0) is 57.9 Å². The quantitative estimate of drug-likeness (QED) is 0.829. The van der Waals surface area contributed by atoms with E-state index >= 15 is 0 Å². The number of carbonyl (C=O) groups is 2. The number of benzene rings is 1. The molecule has 1 saturated heterocycles. The zero-order valence-corrected chi connectivity index (χ0v) is 16.7. The molecule has 2 heterocycles. The number of nitrogens with one attached hydrogen (secondary N) is 2. The van der Waals surface area contributed by atoms with Crippen molar-refractivity contribution in [3.8, 4) is 11.4 Å². The third-order valence-electron chi connectivity index (χ3n) is 5.18. The van der Waals surface area contributed by atoms with Crippen LogP contribution in [0.2, 0.25) is 0 Å². The van der Waals surface area contributed by atoms with Crippen molar-refractivity contribution in [1.29, 1.82) is 0 Å². The van der Waals surface area contributed by atoms with Crippen LogP contribution in [0.4, 0.5) is 10.5 Å². The van der Waals surface area contributed by atoms with Gasteiger partial charge in [-0.3, -0.25) is 9.89 Å². The van der Waals surface area contributed by atoms with E-state index in [0.29, 0.717) is 44.8 Å². The molecule has 2 aromatic rings. The average molecular weight is 384 g/mol. The van der Waals surface area contributed by atoms with Gasteiger partial charge in [-0.2, -0.15) is 5.10 Å². The number of hydrogen-bond donors (Lipinski definition) is 2. The number of piperidine rings is 1. The summed E-state index contributed by atoms with van der Waals surface area (Å²) >= 11 is 0. The number of anilines is 1. The Kier molecular flexibility index (Phi) is 6.28. The number of hydrogen-bond acceptors (Lipinski definition) is 4. The van der Waals surface area contributed by atoms with Crippen molar-refractivity contribution in [3.05, 3.63) is 30.1 Å². The average Bonchev–Trinajstić information content (AvgIpc) is 3.16. The third-order valence-corrected chi connectivity index (χ3v) is 5.18. The summed E-state index contributed by atoms with van der Waals surface area (Å²) < 4.78 is 0. The van der Waals surface area contributed by atoms with E-state index in [1.54, 1.807) is 0 Å². The van der Waals surface area contributed by atoms with Crippen LogP contribution in [0.5, 0.6) is 0 Å². The van der Waals surface area contributed by atoms with E-state index in [2.05, 4.69) is 20.5 Å². The molecule has 0 spiro atoms. The van der Waals surface area contributed by atoms with Crippen LogP contribution in [-0.4, -0.2) is 63.1 Å². The highest BCUT2D eigenvalue weighted by molar-refractivity contribution is 5.93. The molecule has 150 valence electrons. The standard InChI is InChI=1S/C20H28N6O2/c1-4-25(5-2)20(28)26-12-10-16(11-13-26)19(27)22-17-8-6-15(7-9-17)18-21-14(3)23-24-18/h6-9,16H,4-5,10-13H2,1-3H3,(H,22,27)(H,21,23,24). The molecule has 0 atom stereocenters. The van der Waals surface area contributed by atoms with Gasteiger partial charge in [0.2, 0.25) is 5.91 Å². The minimum absolute atomic E-state index is 0.0106. The van der Waals surface area contributed by atoms with E-state index in [1.165, 1.54) is 0 Å². The van der Waals surface area contributed by atoms with Gasteiger partial charge in [-0.15, -0.1) is 0 Å². The fourth-order valence-electron chi connectivity index (χ4n) is 3.45. The molecule has 1 fully saturated rings. The minimum atomic E-state index is -0.0731. The van der Waals surface area contributed by atoms with E-state index < -0.39 is 0 Å². The predicted octanol–water partition coefficient (Wildman–Crippen LogP) is 2.89. The van der Waals surface area contributed by atoms with E-state index in [4.69, 9.17) is 0 Å². The summed E-state index contributed by atoms with van der Waals surface area (Å²) in [5, 5.41) is 9.94. The zero-order valence-electron chi connectivity index (χ0n) is 16.7. The van der Waals surface area contributed by atoms with Crippen molar-refractivity contribution >= 4 is 17.6 Å². The number of aromatic amines is 1. The van der Waals surface area contributed by atoms with E-state index in [9.17, 15) is 9.59 Å². The van der Waals surface area contributed by atoms with Gasteiger partial charge >= 0.3 is 6.03 Å². The molecule has 8 heteroatoms. The molecule has 0 unspecified atom stereocenters. The zero-order chi connectivity index (χ0) is 20.1. The first-order valence-electron chi connectivity index (χ1n) is 9.86. The van der Waals surface area contributed by atoms with E-state index in [-0.39, 0.29) is 17.9 Å². The molecular weight excluding hydrogens is 356 g/mol. The molecule has 3 amide bonds. The number of urea groups is 1. The van der Waals surface area contributed by atoms with Crippen molar-refractivity contribution in [2.24, 2.45) is 5.92 Å². The second kappa shape index (κ2) is 8.86. The van der Waals surface area contributed by atoms with Crippen molar-refractivity contribution in [3.63, 3.8) is 0 Å². The third kappa shape index (κ3) is 4.49. The molecule has 2 N–H and O–H groups in total. The first-order valence-corrected chi connectivity index (χ1v) is 9.86. The second-order valence-corrected chi connectivity index (χ2v) is 7.03. The van der Waals surface area contributed by atoms with Crippen LogP contribution < -0.4 is 5.32 Å². The minimum Gasteiger partial charge on any atom is -0.326 e. The number of likely N-dealkylation sites (tertiary alicyclic amines) is 1. The maximum absolute atomic E-state index is 12.6. The molecule has 8 nitrogen and oxygen atoms in total. The van der Waals surface area contributed by atoms with Crippen LogP contribution in [0.15, 0.2) is 24.3 Å². The lowest BCUT2D eigenvalue weighted by molar-refractivity contribution is -0.121. The molecular formula is C20H28N6O2. The number of H-pyrrole nitrogens is 1. The molecule has 0 saturated carbocycles. The molecule has 1 aromatic carbocycles. The maximum atomic E-state index is 12.6. The Hall–Kier alpha value is -2.90. The van der Waals surface area contributed by atoms with Gasteiger partial charge in [-0.25, -0.2) is 9.78 Å². The fourth-order valence-corrected chi connectivity index (χ4v) is 3.45. The highest BCUT2D eigenvalue weighted by Gasteiger charge is 2.28. The van der Waals surface area contributed by atoms with Gasteiger partial charge in [0.05, 0.1) is 0 Å². The fraction of sp³-hybridized carbons (Fsp3) is 0.500. The van der Waals surface area contributed by atoms with Gasteiger partial charge in [0, 0.05) is 43.3 Å². The summed E-state index contributed by atoms with van der Waals surface area (Å²) in [7, 11) is 0. The summed E-state index contributed by atoms with van der Waals surface area (Å²) in [6.45, 7) is 8.48. The van der Waals surface area contributed by atoms with E-state index in [0.717, 1.165) is 17.1 Å². The first-order chi connectivity index (χ1) is 13.5. The molecule has 28 heavy (non-hydrogen) atoms. The molecule has 0 bridgehead atoms. The van der Waals surface area contributed by atoms with Gasteiger partial charge in [0.1, 0.15) is 5.82 Å². The molecule has 0 aliphatic carbocycles. The Bertz CT molecular complexity index is 804.